The number of benzene rings is 2. The van der Waals surface area contributed by atoms with Gasteiger partial charge in [0.1, 0.15) is 5.75 Å². The van der Waals surface area contributed by atoms with E-state index < -0.39 is 11.4 Å². The lowest BCUT2D eigenvalue weighted by molar-refractivity contribution is -0.118. The van der Waals surface area contributed by atoms with E-state index in [1.165, 1.54) is 0 Å². The molecule has 0 radical (unpaired) electrons. The molecule has 1 N–H and O–H groups in total. The highest BCUT2D eigenvalue weighted by Crippen LogP contribution is 2.49. The maximum atomic E-state index is 12.9. The van der Waals surface area contributed by atoms with Crippen LogP contribution in [0.3, 0.4) is 0 Å². The topological polar surface area (TPSA) is 64.6 Å². The summed E-state index contributed by atoms with van der Waals surface area (Å²) in [5, 5.41) is 2.91. The lowest BCUT2D eigenvalue weighted by atomic mass is 9.94. The fraction of sp³-hybridized carbons (Fsp3) is 0.300. The molecule has 0 unspecified atom stereocenters. The van der Waals surface area contributed by atoms with E-state index in [1.807, 2.05) is 24.3 Å². The van der Waals surface area contributed by atoms with Gasteiger partial charge in [-0.15, -0.1) is 0 Å². The van der Waals surface area contributed by atoms with Crippen LogP contribution < -0.4 is 10.1 Å². The average molecular weight is 339 g/mol. The van der Waals surface area contributed by atoms with Crippen LogP contribution in [0.5, 0.6) is 5.75 Å². The van der Waals surface area contributed by atoms with Gasteiger partial charge in [0.15, 0.2) is 0 Å². The maximum absolute atomic E-state index is 12.9. The summed E-state index contributed by atoms with van der Waals surface area (Å²) in [4.78, 5) is 25.0. The Bertz CT molecular complexity index is 779. The maximum Gasteiger partial charge on any atom is 0.340 e. The van der Waals surface area contributed by atoms with E-state index in [0.29, 0.717) is 11.3 Å². The van der Waals surface area contributed by atoms with E-state index in [0.717, 1.165) is 24.2 Å². The molecular weight excluding hydrogens is 318 g/mol. The highest BCUT2D eigenvalue weighted by Gasteiger charge is 2.51. The van der Waals surface area contributed by atoms with E-state index in [1.54, 1.807) is 38.3 Å². The molecule has 130 valence electrons. The standard InChI is InChI=1S/C20H21NO4/c1-3-25-18(22)16-6-4-5-7-17(16)21-19(23)20(12-13-20)14-8-10-15(24-2)11-9-14/h4-11H,3,12-13H2,1-2H3,(H,21,23). The van der Waals surface area contributed by atoms with Crippen molar-refractivity contribution in [1.82, 2.24) is 0 Å². The number of carbonyl (C=O) groups excluding carboxylic acids is 2. The molecule has 1 aliphatic carbocycles. The van der Waals surface area contributed by atoms with Crippen LogP contribution in [0.25, 0.3) is 0 Å². The van der Waals surface area contributed by atoms with Crippen molar-refractivity contribution in [3.63, 3.8) is 0 Å². The van der Waals surface area contributed by atoms with Crippen LogP contribution >= 0.6 is 0 Å². The number of carbonyl (C=O) groups is 2. The minimum atomic E-state index is -0.534. The third kappa shape index (κ3) is 3.36. The van der Waals surface area contributed by atoms with Crippen molar-refractivity contribution < 1.29 is 19.1 Å². The molecule has 0 spiro atoms. The summed E-state index contributed by atoms with van der Waals surface area (Å²) in [6.07, 6.45) is 1.57. The summed E-state index contributed by atoms with van der Waals surface area (Å²) >= 11 is 0. The van der Waals surface area contributed by atoms with Crippen molar-refractivity contribution in [2.75, 3.05) is 19.0 Å². The summed E-state index contributed by atoms with van der Waals surface area (Å²) < 4.78 is 10.2. The predicted molar refractivity (Wildman–Crippen MR) is 94.9 cm³/mol. The predicted octanol–water partition coefficient (Wildman–Crippen LogP) is 3.54. The molecule has 3 rings (SSSR count). The zero-order chi connectivity index (χ0) is 17.9. The first-order chi connectivity index (χ1) is 12.1. The Morgan fingerprint density at radius 1 is 1.08 bits per heavy atom. The Balaban J connectivity index is 1.81. The number of amides is 1. The van der Waals surface area contributed by atoms with E-state index in [2.05, 4.69) is 5.32 Å². The summed E-state index contributed by atoms with van der Waals surface area (Å²) in [6.45, 7) is 2.04. The summed E-state index contributed by atoms with van der Waals surface area (Å²) in [7, 11) is 1.61. The van der Waals surface area contributed by atoms with E-state index in [4.69, 9.17) is 9.47 Å². The van der Waals surface area contributed by atoms with Gasteiger partial charge in [0.2, 0.25) is 5.91 Å². The molecule has 2 aromatic rings. The van der Waals surface area contributed by atoms with Gasteiger partial charge in [-0.1, -0.05) is 24.3 Å². The molecule has 0 aliphatic heterocycles. The molecular formula is C20H21NO4. The second kappa shape index (κ2) is 6.97. The van der Waals surface area contributed by atoms with E-state index >= 15 is 0 Å². The number of anilines is 1. The lowest BCUT2D eigenvalue weighted by Gasteiger charge is -2.17. The molecule has 1 amide bonds. The van der Waals surface area contributed by atoms with Gasteiger partial charge in [-0.05, 0) is 49.6 Å². The number of hydrogen-bond donors (Lipinski definition) is 1. The molecule has 1 aliphatic rings. The summed E-state index contributed by atoms with van der Waals surface area (Å²) in [6, 6.07) is 14.5. The van der Waals surface area contributed by atoms with Gasteiger partial charge in [0, 0.05) is 0 Å². The molecule has 0 heterocycles. The Kier molecular flexibility index (Phi) is 4.74. The average Bonchev–Trinajstić information content (AvgIpc) is 3.44. The second-order valence-electron chi connectivity index (χ2n) is 6.03. The molecule has 0 aromatic heterocycles. The van der Waals surface area contributed by atoms with Crippen molar-refractivity contribution in [1.29, 1.82) is 0 Å². The Morgan fingerprint density at radius 2 is 1.76 bits per heavy atom. The highest BCUT2D eigenvalue weighted by molar-refractivity contribution is 6.06. The molecule has 0 saturated heterocycles. The SMILES string of the molecule is CCOC(=O)c1ccccc1NC(=O)C1(c2ccc(OC)cc2)CC1. The first kappa shape index (κ1) is 17.0. The monoisotopic (exact) mass is 339 g/mol. The van der Waals surface area contributed by atoms with Gasteiger partial charge >= 0.3 is 5.97 Å². The van der Waals surface area contributed by atoms with Gasteiger partial charge < -0.3 is 14.8 Å². The van der Waals surface area contributed by atoms with Crippen molar-refractivity contribution in [2.24, 2.45) is 0 Å². The molecule has 25 heavy (non-hydrogen) atoms. The van der Waals surface area contributed by atoms with Crippen LogP contribution in [0.1, 0.15) is 35.7 Å². The van der Waals surface area contributed by atoms with Crippen molar-refractivity contribution in [3.8, 4) is 5.75 Å². The van der Waals surface area contributed by atoms with Gasteiger partial charge in [-0.3, -0.25) is 4.79 Å². The molecule has 1 fully saturated rings. The third-order valence-corrected chi connectivity index (χ3v) is 4.50. The minimum Gasteiger partial charge on any atom is -0.497 e. The van der Waals surface area contributed by atoms with Crippen LogP contribution in [0.2, 0.25) is 0 Å². The van der Waals surface area contributed by atoms with Crippen molar-refractivity contribution >= 4 is 17.6 Å². The smallest absolute Gasteiger partial charge is 0.340 e. The van der Waals surface area contributed by atoms with Crippen LogP contribution in [-0.2, 0) is 14.9 Å². The van der Waals surface area contributed by atoms with Gasteiger partial charge in [0.05, 0.1) is 30.4 Å². The van der Waals surface area contributed by atoms with Gasteiger partial charge in [-0.2, -0.15) is 0 Å². The number of ether oxygens (including phenoxy) is 2. The Labute approximate surface area is 147 Å². The van der Waals surface area contributed by atoms with Gasteiger partial charge in [-0.25, -0.2) is 4.79 Å². The molecule has 0 bridgehead atoms. The van der Waals surface area contributed by atoms with Crippen LogP contribution in [-0.4, -0.2) is 25.6 Å². The quantitative estimate of drug-likeness (QED) is 0.818. The lowest BCUT2D eigenvalue weighted by Crippen LogP contribution is -2.28. The first-order valence-corrected chi connectivity index (χ1v) is 8.33. The van der Waals surface area contributed by atoms with Crippen LogP contribution in [0, 0.1) is 0 Å². The molecule has 2 aromatic carbocycles. The third-order valence-electron chi connectivity index (χ3n) is 4.50. The van der Waals surface area contributed by atoms with E-state index in [-0.39, 0.29) is 12.5 Å². The van der Waals surface area contributed by atoms with Crippen LogP contribution in [0.15, 0.2) is 48.5 Å². The van der Waals surface area contributed by atoms with Crippen LogP contribution in [0.4, 0.5) is 5.69 Å². The first-order valence-electron chi connectivity index (χ1n) is 8.33. The number of methoxy groups -OCH3 is 1. The zero-order valence-corrected chi connectivity index (χ0v) is 14.4. The van der Waals surface area contributed by atoms with Gasteiger partial charge in [0.25, 0.3) is 0 Å². The molecule has 5 heteroatoms. The Morgan fingerprint density at radius 3 is 2.36 bits per heavy atom. The molecule has 1 saturated carbocycles. The highest BCUT2D eigenvalue weighted by atomic mass is 16.5. The Hall–Kier alpha value is -2.82. The number of hydrogen-bond acceptors (Lipinski definition) is 4. The van der Waals surface area contributed by atoms with E-state index in [9.17, 15) is 9.59 Å². The van der Waals surface area contributed by atoms with Crippen molar-refractivity contribution in [3.05, 3.63) is 59.7 Å². The fourth-order valence-corrected chi connectivity index (χ4v) is 2.90. The zero-order valence-electron chi connectivity index (χ0n) is 14.4. The molecule has 0 atom stereocenters. The van der Waals surface area contributed by atoms with Crippen molar-refractivity contribution in [2.45, 2.75) is 25.2 Å². The number of esters is 1. The summed E-state index contributed by atoms with van der Waals surface area (Å²) in [5.74, 6) is 0.217. The fourth-order valence-electron chi connectivity index (χ4n) is 2.90. The number of nitrogens with one attached hydrogen (secondary N) is 1. The second-order valence-corrected chi connectivity index (χ2v) is 6.03. The normalized spacial score (nSPS) is 14.5. The minimum absolute atomic E-state index is 0.102. The largest absolute Gasteiger partial charge is 0.497 e. The molecule has 5 nitrogen and oxygen atoms in total. The summed E-state index contributed by atoms with van der Waals surface area (Å²) in [5.41, 5.74) is 1.27. The number of para-hydroxylation sites is 1. The number of rotatable bonds is 6.